The minimum Gasteiger partial charge on any atom is -0.497 e. The van der Waals surface area contributed by atoms with Gasteiger partial charge in [0.05, 0.1) is 25.0 Å². The molecule has 2 aromatic heterocycles. The van der Waals surface area contributed by atoms with Gasteiger partial charge >= 0.3 is 5.97 Å². The van der Waals surface area contributed by atoms with Gasteiger partial charge in [0.15, 0.2) is 5.78 Å². The van der Waals surface area contributed by atoms with Crippen LogP contribution in [-0.2, 0) is 4.74 Å². The summed E-state index contributed by atoms with van der Waals surface area (Å²) in [7, 11) is 1.62. The fourth-order valence-electron chi connectivity index (χ4n) is 3.16. The van der Waals surface area contributed by atoms with Crippen LogP contribution < -0.4 is 4.74 Å². The number of methoxy groups -OCH3 is 1. The van der Waals surface area contributed by atoms with Crippen molar-refractivity contribution in [2.45, 2.75) is 20.8 Å². The molecule has 26 heavy (non-hydrogen) atoms. The van der Waals surface area contributed by atoms with Gasteiger partial charge in [0, 0.05) is 24.2 Å². The first-order valence-corrected chi connectivity index (χ1v) is 8.44. The Labute approximate surface area is 152 Å². The standard InChI is InChI=1S/C21H21NO4/c1-5-26-21(24)19-11-17-9-16(15-7-6-8-18(10-15)25-4)12-22(17)20(13(19)2)14(3)23/h6-12H,5H2,1-4H3. The van der Waals surface area contributed by atoms with Crippen molar-refractivity contribution in [3.05, 3.63) is 59.4 Å². The van der Waals surface area contributed by atoms with Crippen LogP contribution in [0.25, 0.3) is 16.6 Å². The molecule has 0 saturated heterocycles. The van der Waals surface area contributed by atoms with Crippen molar-refractivity contribution >= 4 is 17.3 Å². The minimum atomic E-state index is -0.417. The fraction of sp³-hybridized carbons (Fsp3) is 0.238. The van der Waals surface area contributed by atoms with Crippen molar-refractivity contribution in [3.8, 4) is 16.9 Å². The third-order valence-electron chi connectivity index (χ3n) is 4.37. The molecule has 5 nitrogen and oxygen atoms in total. The third kappa shape index (κ3) is 3.08. The van der Waals surface area contributed by atoms with E-state index in [2.05, 4.69) is 0 Å². The molecule has 0 radical (unpaired) electrons. The number of Topliss-reactive ketones (excluding diaryl/α,β-unsaturated/α-hetero) is 1. The van der Waals surface area contributed by atoms with Gasteiger partial charge in [-0.15, -0.1) is 0 Å². The Morgan fingerprint density at radius 3 is 2.54 bits per heavy atom. The highest BCUT2D eigenvalue weighted by atomic mass is 16.5. The van der Waals surface area contributed by atoms with Crippen molar-refractivity contribution in [1.29, 1.82) is 0 Å². The van der Waals surface area contributed by atoms with E-state index in [0.29, 0.717) is 16.8 Å². The Morgan fingerprint density at radius 1 is 1.12 bits per heavy atom. The Bertz CT molecular complexity index is 1000. The van der Waals surface area contributed by atoms with E-state index in [0.717, 1.165) is 22.4 Å². The van der Waals surface area contributed by atoms with Crippen LogP contribution in [0.3, 0.4) is 0 Å². The van der Waals surface area contributed by atoms with Crippen molar-refractivity contribution in [1.82, 2.24) is 4.40 Å². The molecule has 0 aliphatic carbocycles. The molecule has 5 heteroatoms. The summed E-state index contributed by atoms with van der Waals surface area (Å²) in [5.41, 5.74) is 4.20. The summed E-state index contributed by atoms with van der Waals surface area (Å²) in [5.74, 6) is 0.235. The van der Waals surface area contributed by atoms with Gasteiger partial charge in [-0.25, -0.2) is 4.79 Å². The molecule has 0 spiro atoms. The van der Waals surface area contributed by atoms with E-state index in [-0.39, 0.29) is 12.4 Å². The molecule has 0 bridgehead atoms. The molecule has 0 fully saturated rings. The zero-order valence-corrected chi connectivity index (χ0v) is 15.3. The Morgan fingerprint density at radius 2 is 1.88 bits per heavy atom. The Hall–Kier alpha value is -3.08. The molecular formula is C21H21NO4. The van der Waals surface area contributed by atoms with Gasteiger partial charge in [-0.05, 0) is 49.2 Å². The second-order valence-electron chi connectivity index (χ2n) is 6.06. The van der Waals surface area contributed by atoms with Gasteiger partial charge in [0.25, 0.3) is 0 Å². The molecule has 0 aliphatic heterocycles. The van der Waals surface area contributed by atoms with Crippen LogP contribution in [0.2, 0.25) is 0 Å². The van der Waals surface area contributed by atoms with Crippen molar-refractivity contribution in [2.75, 3.05) is 13.7 Å². The van der Waals surface area contributed by atoms with Crippen LogP contribution in [0.5, 0.6) is 5.75 Å². The number of carbonyl (C=O) groups excluding carboxylic acids is 2. The zero-order valence-electron chi connectivity index (χ0n) is 15.3. The highest BCUT2D eigenvalue weighted by Crippen LogP contribution is 2.29. The third-order valence-corrected chi connectivity index (χ3v) is 4.37. The lowest BCUT2D eigenvalue weighted by Gasteiger charge is -2.12. The van der Waals surface area contributed by atoms with Crippen LogP contribution in [-0.4, -0.2) is 29.9 Å². The van der Waals surface area contributed by atoms with Crippen molar-refractivity contribution in [2.24, 2.45) is 0 Å². The molecule has 0 atom stereocenters. The number of ether oxygens (including phenoxy) is 2. The summed E-state index contributed by atoms with van der Waals surface area (Å²) in [6.07, 6.45) is 1.91. The fourth-order valence-corrected chi connectivity index (χ4v) is 3.16. The quantitative estimate of drug-likeness (QED) is 0.508. The van der Waals surface area contributed by atoms with Crippen LogP contribution in [0.15, 0.2) is 42.6 Å². The van der Waals surface area contributed by atoms with Gasteiger partial charge in [0.2, 0.25) is 0 Å². The summed E-state index contributed by atoms with van der Waals surface area (Å²) in [6, 6.07) is 11.4. The Balaban J connectivity index is 2.23. The van der Waals surface area contributed by atoms with Crippen LogP contribution in [0.1, 0.15) is 40.3 Å². The van der Waals surface area contributed by atoms with Gasteiger partial charge in [-0.2, -0.15) is 0 Å². The van der Waals surface area contributed by atoms with Gasteiger partial charge in [-0.3, -0.25) is 4.79 Å². The average Bonchev–Trinajstić information content (AvgIpc) is 3.04. The zero-order chi connectivity index (χ0) is 18.8. The summed E-state index contributed by atoms with van der Waals surface area (Å²) in [4.78, 5) is 24.6. The normalized spacial score (nSPS) is 10.8. The highest BCUT2D eigenvalue weighted by Gasteiger charge is 2.20. The first-order valence-electron chi connectivity index (χ1n) is 8.44. The number of carbonyl (C=O) groups is 2. The molecule has 0 saturated carbocycles. The van der Waals surface area contributed by atoms with Gasteiger partial charge < -0.3 is 13.9 Å². The number of benzene rings is 1. The summed E-state index contributed by atoms with van der Waals surface area (Å²) < 4.78 is 12.3. The molecule has 3 rings (SSSR count). The van der Waals surface area contributed by atoms with Crippen LogP contribution >= 0.6 is 0 Å². The lowest BCUT2D eigenvalue weighted by molar-refractivity contribution is 0.0525. The molecular weight excluding hydrogens is 330 g/mol. The number of esters is 1. The predicted octanol–water partition coefficient (Wildman–Crippen LogP) is 4.30. The minimum absolute atomic E-state index is 0.105. The number of ketones is 1. The van der Waals surface area contributed by atoms with Crippen molar-refractivity contribution < 1.29 is 19.1 Å². The number of aromatic nitrogens is 1. The second kappa shape index (κ2) is 7.04. The topological polar surface area (TPSA) is 57.0 Å². The lowest BCUT2D eigenvalue weighted by Crippen LogP contribution is -2.13. The number of nitrogens with zero attached hydrogens (tertiary/aromatic N) is 1. The number of pyridine rings is 1. The monoisotopic (exact) mass is 351 g/mol. The van der Waals surface area contributed by atoms with Gasteiger partial charge in [0.1, 0.15) is 5.75 Å². The van der Waals surface area contributed by atoms with E-state index in [1.807, 2.05) is 40.9 Å². The maximum atomic E-state index is 12.3. The summed E-state index contributed by atoms with van der Waals surface area (Å²) >= 11 is 0. The van der Waals surface area contributed by atoms with E-state index in [4.69, 9.17) is 9.47 Å². The Kier molecular flexibility index (Phi) is 4.80. The molecule has 0 unspecified atom stereocenters. The summed E-state index contributed by atoms with van der Waals surface area (Å²) in [6.45, 7) is 5.32. The molecule has 0 aliphatic rings. The molecule has 2 heterocycles. The van der Waals surface area contributed by atoms with E-state index in [9.17, 15) is 9.59 Å². The van der Waals surface area contributed by atoms with E-state index in [1.54, 1.807) is 27.0 Å². The number of rotatable bonds is 5. The molecule has 0 N–H and O–H groups in total. The maximum absolute atomic E-state index is 12.3. The predicted molar refractivity (Wildman–Crippen MR) is 100 cm³/mol. The smallest absolute Gasteiger partial charge is 0.338 e. The number of hydrogen-bond acceptors (Lipinski definition) is 4. The molecule has 1 aromatic carbocycles. The SMILES string of the molecule is CCOC(=O)c1cc2cc(-c3cccc(OC)c3)cn2c(C(C)=O)c1C. The molecule has 0 amide bonds. The van der Waals surface area contributed by atoms with E-state index >= 15 is 0 Å². The summed E-state index contributed by atoms with van der Waals surface area (Å²) in [5, 5.41) is 0. The largest absolute Gasteiger partial charge is 0.497 e. The van der Waals surface area contributed by atoms with E-state index in [1.165, 1.54) is 6.92 Å². The molecule has 3 aromatic rings. The van der Waals surface area contributed by atoms with Crippen molar-refractivity contribution in [3.63, 3.8) is 0 Å². The number of fused-ring (bicyclic) bond motifs is 1. The molecule has 134 valence electrons. The van der Waals surface area contributed by atoms with Crippen LogP contribution in [0.4, 0.5) is 0 Å². The van der Waals surface area contributed by atoms with Crippen LogP contribution in [0, 0.1) is 6.92 Å². The van der Waals surface area contributed by atoms with Gasteiger partial charge in [-0.1, -0.05) is 12.1 Å². The van der Waals surface area contributed by atoms with E-state index < -0.39 is 5.97 Å². The number of hydrogen-bond donors (Lipinski definition) is 0. The second-order valence-corrected chi connectivity index (χ2v) is 6.06. The maximum Gasteiger partial charge on any atom is 0.338 e. The first kappa shape index (κ1) is 17.7. The first-order chi connectivity index (χ1) is 12.5. The lowest BCUT2D eigenvalue weighted by atomic mass is 10.0. The highest BCUT2D eigenvalue weighted by molar-refractivity contribution is 6.01. The average molecular weight is 351 g/mol.